The van der Waals surface area contributed by atoms with Gasteiger partial charge in [0.05, 0.1) is 6.20 Å². The number of benzene rings is 1. The number of aryl methyl sites for hydroxylation is 2. The van der Waals surface area contributed by atoms with Gasteiger partial charge in [0, 0.05) is 16.0 Å². The summed E-state index contributed by atoms with van der Waals surface area (Å²) in [4.78, 5) is 16.6. The molecular formula is C18H24N4O3S2. The predicted molar refractivity (Wildman–Crippen MR) is 107 cm³/mol. The maximum atomic E-state index is 12.9. The first-order chi connectivity index (χ1) is 12.6. The lowest BCUT2D eigenvalue weighted by Gasteiger charge is -2.27. The molecule has 27 heavy (non-hydrogen) atoms. The van der Waals surface area contributed by atoms with Gasteiger partial charge in [0.1, 0.15) is 14.8 Å². The SMILES string of the molecule is CC(C)(O)c1ncc([SH](N)(=O)NC(=O)Nc2c3c(cc4c2CC4)CCC3)s1. The van der Waals surface area contributed by atoms with Gasteiger partial charge < -0.3 is 10.4 Å². The maximum Gasteiger partial charge on any atom is 0.330 e. The summed E-state index contributed by atoms with van der Waals surface area (Å²) in [5.74, 6) is 0. The Hall–Kier alpha value is -1.81. The summed E-state index contributed by atoms with van der Waals surface area (Å²) in [7, 11) is -3.63. The fourth-order valence-corrected chi connectivity index (χ4v) is 5.94. The first-order valence-corrected chi connectivity index (χ1v) is 11.6. The van der Waals surface area contributed by atoms with Gasteiger partial charge in [-0.25, -0.2) is 14.0 Å². The van der Waals surface area contributed by atoms with Gasteiger partial charge in [-0.1, -0.05) is 6.07 Å². The topological polar surface area (TPSA) is 117 Å². The second-order valence-corrected chi connectivity index (χ2v) is 11.0. The van der Waals surface area contributed by atoms with Gasteiger partial charge in [0.25, 0.3) is 0 Å². The number of amides is 2. The molecule has 0 unspecified atom stereocenters. The minimum Gasteiger partial charge on any atom is -0.383 e. The Bertz CT molecular complexity index is 978. The van der Waals surface area contributed by atoms with Crippen LogP contribution in [0.1, 0.15) is 47.5 Å². The van der Waals surface area contributed by atoms with E-state index in [1.165, 1.54) is 28.5 Å². The Morgan fingerprint density at radius 1 is 1.26 bits per heavy atom. The number of nitrogens with one attached hydrogen (secondary N) is 2. The van der Waals surface area contributed by atoms with Crippen LogP contribution >= 0.6 is 11.3 Å². The Morgan fingerprint density at radius 3 is 2.59 bits per heavy atom. The molecular weight excluding hydrogens is 384 g/mol. The molecule has 5 N–H and O–H groups in total. The standard InChI is InChI=1S/C18H24N4O3S2/c1-18(2,24)16-20-9-14(26-16)27(19,25)22-17(23)21-15-12-5-3-4-10(12)8-11-6-7-13(11)15/h8-9,24,27H,3-7H2,1-2H3,(H4,19,21,22,23,25). The molecule has 2 aliphatic carbocycles. The number of hydrogen-bond donors (Lipinski definition) is 5. The molecule has 1 aromatic carbocycles. The summed E-state index contributed by atoms with van der Waals surface area (Å²) >= 11 is 1.04. The van der Waals surface area contributed by atoms with Gasteiger partial charge in [-0.2, -0.15) is 0 Å². The summed E-state index contributed by atoms with van der Waals surface area (Å²) in [5.41, 5.74) is 4.68. The lowest BCUT2D eigenvalue weighted by atomic mass is 9.83. The van der Waals surface area contributed by atoms with E-state index in [0.29, 0.717) is 5.01 Å². The Morgan fingerprint density at radius 2 is 1.96 bits per heavy atom. The normalized spacial score (nSPS) is 16.3. The van der Waals surface area contributed by atoms with Gasteiger partial charge in [-0.3, -0.25) is 9.86 Å². The molecule has 0 radical (unpaired) electrons. The predicted octanol–water partition coefficient (Wildman–Crippen LogP) is 1.94. The number of urea groups is 1. The van der Waals surface area contributed by atoms with Crippen molar-refractivity contribution in [1.29, 1.82) is 0 Å². The number of rotatable bonds is 4. The fraction of sp³-hybridized carbons (Fsp3) is 0.444. The number of aliphatic hydroxyl groups is 1. The van der Waals surface area contributed by atoms with Crippen LogP contribution in [0.5, 0.6) is 0 Å². The van der Waals surface area contributed by atoms with Crippen molar-refractivity contribution < 1.29 is 14.1 Å². The molecule has 1 aromatic heterocycles. The first-order valence-electron chi connectivity index (χ1n) is 8.99. The second-order valence-electron chi connectivity index (χ2n) is 7.67. The zero-order valence-electron chi connectivity index (χ0n) is 15.3. The number of nitrogens with zero attached hydrogens (tertiary/aromatic N) is 1. The molecule has 2 amide bonds. The smallest absolute Gasteiger partial charge is 0.330 e. The molecule has 0 saturated carbocycles. The number of aromatic nitrogens is 1. The van der Waals surface area contributed by atoms with E-state index < -0.39 is 21.9 Å². The molecule has 2 aliphatic rings. The number of hydrogen-bond acceptors (Lipinski definition) is 5. The second kappa shape index (κ2) is 6.37. The number of fused-ring (bicyclic) bond motifs is 2. The van der Waals surface area contributed by atoms with E-state index in [4.69, 9.17) is 5.14 Å². The zero-order chi connectivity index (χ0) is 19.4. The van der Waals surface area contributed by atoms with Crippen molar-refractivity contribution in [1.82, 2.24) is 9.71 Å². The van der Waals surface area contributed by atoms with Gasteiger partial charge in [0.2, 0.25) is 0 Å². The number of carbonyl (C=O) groups is 1. The number of anilines is 1. The average Bonchev–Trinajstić information content (AvgIpc) is 3.18. The van der Waals surface area contributed by atoms with Crippen molar-refractivity contribution in [3.8, 4) is 0 Å². The van der Waals surface area contributed by atoms with Crippen molar-refractivity contribution >= 4 is 33.4 Å². The number of thiol groups is 1. The van der Waals surface area contributed by atoms with E-state index in [1.54, 1.807) is 13.8 Å². The van der Waals surface area contributed by atoms with Crippen LogP contribution in [0.3, 0.4) is 0 Å². The zero-order valence-corrected chi connectivity index (χ0v) is 17.0. The van der Waals surface area contributed by atoms with Crippen molar-refractivity contribution in [3.63, 3.8) is 0 Å². The Labute approximate surface area is 163 Å². The van der Waals surface area contributed by atoms with Crippen LogP contribution in [0.2, 0.25) is 0 Å². The molecule has 0 atom stereocenters. The molecule has 7 nitrogen and oxygen atoms in total. The third-order valence-electron chi connectivity index (χ3n) is 5.09. The minimum atomic E-state index is -3.63. The van der Waals surface area contributed by atoms with Crippen LogP contribution in [0.25, 0.3) is 0 Å². The lowest BCUT2D eigenvalue weighted by molar-refractivity contribution is 0.0783. The quantitative estimate of drug-likeness (QED) is 0.497. The summed E-state index contributed by atoms with van der Waals surface area (Å²) in [5, 5.41) is 19.2. The number of thiazole rings is 1. The highest BCUT2D eigenvalue weighted by molar-refractivity contribution is 8.01. The molecule has 4 rings (SSSR count). The van der Waals surface area contributed by atoms with Crippen molar-refractivity contribution in [2.75, 3.05) is 5.32 Å². The molecule has 0 fully saturated rings. The highest BCUT2D eigenvalue weighted by Crippen LogP contribution is 2.39. The summed E-state index contributed by atoms with van der Waals surface area (Å²) in [6.07, 6.45) is 6.41. The summed E-state index contributed by atoms with van der Waals surface area (Å²) in [6.45, 7) is 3.18. The molecule has 1 heterocycles. The van der Waals surface area contributed by atoms with Crippen molar-refractivity contribution in [2.24, 2.45) is 5.14 Å². The monoisotopic (exact) mass is 408 g/mol. The highest BCUT2D eigenvalue weighted by atomic mass is 32.3. The molecule has 0 spiro atoms. The molecule has 2 aromatic rings. The van der Waals surface area contributed by atoms with E-state index in [9.17, 15) is 14.1 Å². The third-order valence-corrected chi connectivity index (χ3v) is 8.60. The van der Waals surface area contributed by atoms with Crippen LogP contribution in [0, 0.1) is 0 Å². The summed E-state index contributed by atoms with van der Waals surface area (Å²) in [6, 6.07) is 1.68. The van der Waals surface area contributed by atoms with Crippen LogP contribution in [-0.4, -0.2) is 20.3 Å². The van der Waals surface area contributed by atoms with E-state index >= 15 is 0 Å². The highest BCUT2D eigenvalue weighted by Gasteiger charge is 2.28. The number of carbonyl (C=O) groups excluding carboxylic acids is 1. The van der Waals surface area contributed by atoms with Crippen LogP contribution < -0.4 is 15.2 Å². The Kier molecular flexibility index (Phi) is 4.38. The summed E-state index contributed by atoms with van der Waals surface area (Å²) < 4.78 is 15.5. The maximum absolute atomic E-state index is 12.9. The van der Waals surface area contributed by atoms with Crippen LogP contribution in [-0.2, 0) is 41.6 Å². The number of nitrogens with two attached hydrogens (primary N) is 1. The third kappa shape index (κ3) is 3.40. The molecule has 9 heteroatoms. The van der Waals surface area contributed by atoms with E-state index in [-0.39, 0.29) is 4.21 Å². The van der Waals surface area contributed by atoms with Crippen LogP contribution in [0.4, 0.5) is 10.5 Å². The van der Waals surface area contributed by atoms with Gasteiger partial charge in [-0.05, 0) is 68.2 Å². The van der Waals surface area contributed by atoms with Gasteiger partial charge in [0.15, 0.2) is 0 Å². The van der Waals surface area contributed by atoms with Gasteiger partial charge in [-0.15, -0.1) is 11.3 Å². The van der Waals surface area contributed by atoms with E-state index in [2.05, 4.69) is 21.1 Å². The Balaban J connectivity index is 1.54. The van der Waals surface area contributed by atoms with Crippen LogP contribution in [0.15, 0.2) is 16.5 Å². The van der Waals surface area contributed by atoms with E-state index in [1.807, 2.05) is 0 Å². The lowest BCUT2D eigenvalue weighted by Crippen LogP contribution is -2.44. The average molecular weight is 409 g/mol. The largest absolute Gasteiger partial charge is 0.383 e. The molecule has 0 bridgehead atoms. The molecule has 146 valence electrons. The molecule has 0 saturated heterocycles. The van der Waals surface area contributed by atoms with Gasteiger partial charge >= 0.3 is 6.03 Å². The molecule has 0 aliphatic heterocycles. The minimum absolute atomic E-state index is 0.251. The van der Waals surface area contributed by atoms with Crippen molar-refractivity contribution in [2.45, 2.75) is 55.8 Å². The first kappa shape index (κ1) is 18.5. The van der Waals surface area contributed by atoms with Crippen molar-refractivity contribution in [3.05, 3.63) is 39.5 Å². The fourth-order valence-electron chi connectivity index (χ4n) is 3.64. The van der Waals surface area contributed by atoms with E-state index in [0.717, 1.165) is 49.1 Å².